The topological polar surface area (TPSA) is 43.9 Å². The van der Waals surface area contributed by atoms with Gasteiger partial charge in [-0.3, -0.25) is 19.4 Å². The highest BCUT2D eigenvalue weighted by molar-refractivity contribution is 7.81. The minimum Gasteiger partial charge on any atom is -0.372 e. The molecule has 0 atom stereocenters. The molecule has 36 heavy (non-hydrogen) atoms. The SMILES string of the molecule is Cc1ccc(N2C(=O)/C(=C/c3ccc(N4CCCCC4)cc3)C(=O)N(c3ccccc3)C2=S)cc1C. The van der Waals surface area contributed by atoms with E-state index in [9.17, 15) is 9.59 Å². The van der Waals surface area contributed by atoms with E-state index in [1.165, 1.54) is 34.7 Å². The minimum atomic E-state index is -0.420. The molecule has 0 aromatic heterocycles. The van der Waals surface area contributed by atoms with E-state index in [0.717, 1.165) is 29.8 Å². The quantitative estimate of drug-likeness (QED) is 0.251. The molecule has 2 saturated heterocycles. The second-order valence-electron chi connectivity index (χ2n) is 9.37. The van der Waals surface area contributed by atoms with Crippen molar-refractivity contribution < 1.29 is 9.59 Å². The molecule has 0 radical (unpaired) electrons. The van der Waals surface area contributed by atoms with Crippen molar-refractivity contribution in [2.24, 2.45) is 0 Å². The summed E-state index contributed by atoms with van der Waals surface area (Å²) in [5.74, 6) is -0.836. The summed E-state index contributed by atoms with van der Waals surface area (Å²) < 4.78 is 0. The van der Waals surface area contributed by atoms with Crippen molar-refractivity contribution in [3.05, 3.63) is 95.1 Å². The third-order valence-electron chi connectivity index (χ3n) is 6.94. The molecule has 0 N–H and O–H groups in total. The number of anilines is 3. The monoisotopic (exact) mass is 495 g/mol. The fraction of sp³-hybridized carbons (Fsp3) is 0.233. The van der Waals surface area contributed by atoms with Crippen LogP contribution in [0.25, 0.3) is 6.08 Å². The van der Waals surface area contributed by atoms with Crippen LogP contribution in [-0.4, -0.2) is 30.0 Å². The Hall–Kier alpha value is -3.77. The van der Waals surface area contributed by atoms with E-state index in [4.69, 9.17) is 12.2 Å². The van der Waals surface area contributed by atoms with Gasteiger partial charge >= 0.3 is 0 Å². The molecule has 2 fully saturated rings. The van der Waals surface area contributed by atoms with Crippen LogP contribution < -0.4 is 14.7 Å². The molecule has 0 bridgehead atoms. The predicted molar refractivity (Wildman–Crippen MR) is 150 cm³/mol. The first kappa shape index (κ1) is 23.9. The molecule has 0 unspecified atom stereocenters. The van der Waals surface area contributed by atoms with Crippen LogP contribution in [0.15, 0.2) is 78.4 Å². The summed E-state index contributed by atoms with van der Waals surface area (Å²) in [6, 6.07) is 23.1. The van der Waals surface area contributed by atoms with Gasteiger partial charge in [-0.1, -0.05) is 36.4 Å². The lowest BCUT2D eigenvalue weighted by molar-refractivity contribution is -0.120. The van der Waals surface area contributed by atoms with Crippen molar-refractivity contribution in [2.75, 3.05) is 27.8 Å². The lowest BCUT2D eigenvalue weighted by atomic mass is 10.0. The Morgan fingerprint density at radius 1 is 0.694 bits per heavy atom. The van der Waals surface area contributed by atoms with Gasteiger partial charge in [0.05, 0.1) is 11.4 Å². The fourth-order valence-corrected chi connectivity index (χ4v) is 5.10. The number of aryl methyl sites for hydroxylation is 2. The standard InChI is InChI=1S/C30H29N3O2S/c1-21-11-14-26(19-22(21)2)33-29(35)27(28(34)32(30(33)36)25-9-5-3-6-10-25)20-23-12-15-24(16-13-23)31-17-7-4-8-18-31/h3,5-6,9-16,19-20H,4,7-8,17-18H2,1-2H3/b27-20+. The summed E-state index contributed by atoms with van der Waals surface area (Å²) in [5.41, 5.74) is 5.49. The largest absolute Gasteiger partial charge is 0.372 e. The third-order valence-corrected chi connectivity index (χ3v) is 7.30. The Labute approximate surface area is 217 Å². The lowest BCUT2D eigenvalue weighted by Gasteiger charge is -2.36. The summed E-state index contributed by atoms with van der Waals surface area (Å²) in [6.07, 6.45) is 5.37. The molecule has 3 aromatic carbocycles. The molecular weight excluding hydrogens is 466 g/mol. The molecule has 2 aliphatic rings. The first-order chi connectivity index (χ1) is 17.4. The van der Waals surface area contributed by atoms with Crippen LogP contribution in [0.3, 0.4) is 0 Å². The van der Waals surface area contributed by atoms with Gasteiger partial charge < -0.3 is 4.90 Å². The Balaban J connectivity index is 1.55. The number of amides is 2. The van der Waals surface area contributed by atoms with Crippen LogP contribution in [0.5, 0.6) is 0 Å². The number of rotatable bonds is 4. The highest BCUT2D eigenvalue weighted by atomic mass is 32.1. The third kappa shape index (κ3) is 4.56. The maximum Gasteiger partial charge on any atom is 0.270 e. The van der Waals surface area contributed by atoms with Crippen molar-refractivity contribution in [3.8, 4) is 0 Å². The zero-order valence-electron chi connectivity index (χ0n) is 20.6. The van der Waals surface area contributed by atoms with Gasteiger partial charge in [-0.05, 0) is 104 Å². The van der Waals surface area contributed by atoms with E-state index in [1.807, 2.05) is 74.5 Å². The zero-order valence-corrected chi connectivity index (χ0v) is 21.4. The number of para-hydroxylation sites is 1. The normalized spacial score (nSPS) is 17.8. The molecule has 5 nitrogen and oxygen atoms in total. The van der Waals surface area contributed by atoms with Crippen molar-refractivity contribution in [3.63, 3.8) is 0 Å². The maximum atomic E-state index is 13.8. The van der Waals surface area contributed by atoms with Crippen LogP contribution in [0.4, 0.5) is 17.1 Å². The summed E-state index contributed by atoms with van der Waals surface area (Å²) in [7, 11) is 0. The molecule has 3 aromatic rings. The number of hydrogen-bond donors (Lipinski definition) is 0. The van der Waals surface area contributed by atoms with Crippen LogP contribution >= 0.6 is 12.2 Å². The number of carbonyl (C=O) groups excluding carboxylic acids is 2. The predicted octanol–water partition coefficient (Wildman–Crippen LogP) is 6.04. The average Bonchev–Trinajstić information content (AvgIpc) is 2.90. The van der Waals surface area contributed by atoms with E-state index >= 15 is 0 Å². The van der Waals surface area contributed by atoms with Crippen LogP contribution in [0, 0.1) is 13.8 Å². The Morgan fingerprint density at radius 3 is 1.94 bits per heavy atom. The molecule has 5 rings (SSSR count). The van der Waals surface area contributed by atoms with Gasteiger partial charge in [0.1, 0.15) is 5.57 Å². The van der Waals surface area contributed by atoms with Crippen molar-refractivity contribution in [1.82, 2.24) is 0 Å². The van der Waals surface area contributed by atoms with Gasteiger partial charge in [-0.25, -0.2) is 0 Å². The summed E-state index contributed by atoms with van der Waals surface area (Å²) in [4.78, 5) is 32.7. The van der Waals surface area contributed by atoms with Crippen molar-refractivity contribution in [1.29, 1.82) is 0 Å². The molecular formula is C30H29N3O2S. The Kier molecular flexibility index (Phi) is 6.70. The van der Waals surface area contributed by atoms with Gasteiger partial charge in [-0.15, -0.1) is 0 Å². The summed E-state index contributed by atoms with van der Waals surface area (Å²) in [5, 5.41) is 0.150. The highest BCUT2D eigenvalue weighted by Gasteiger charge is 2.41. The van der Waals surface area contributed by atoms with Crippen LogP contribution in [0.1, 0.15) is 36.0 Å². The molecule has 0 saturated carbocycles. The van der Waals surface area contributed by atoms with E-state index in [2.05, 4.69) is 17.0 Å². The second kappa shape index (κ2) is 10.1. The smallest absolute Gasteiger partial charge is 0.270 e. The number of nitrogens with zero attached hydrogens (tertiary/aromatic N) is 3. The Bertz CT molecular complexity index is 1340. The molecule has 0 aliphatic carbocycles. The zero-order chi connectivity index (χ0) is 25.2. The van der Waals surface area contributed by atoms with Gasteiger partial charge in [0.15, 0.2) is 5.11 Å². The van der Waals surface area contributed by atoms with Crippen LogP contribution in [0.2, 0.25) is 0 Å². The van der Waals surface area contributed by atoms with Crippen LogP contribution in [-0.2, 0) is 9.59 Å². The molecule has 182 valence electrons. The van der Waals surface area contributed by atoms with Gasteiger partial charge in [0.25, 0.3) is 11.8 Å². The summed E-state index contributed by atoms with van der Waals surface area (Å²) in [6.45, 7) is 6.14. The Morgan fingerprint density at radius 2 is 1.31 bits per heavy atom. The van der Waals surface area contributed by atoms with Crippen molar-refractivity contribution in [2.45, 2.75) is 33.1 Å². The van der Waals surface area contributed by atoms with E-state index < -0.39 is 11.8 Å². The molecule has 0 spiro atoms. The van der Waals surface area contributed by atoms with Gasteiger partial charge in [0, 0.05) is 18.8 Å². The molecule has 2 amide bonds. The number of thiocarbonyl (C=S) groups is 1. The fourth-order valence-electron chi connectivity index (χ4n) is 4.73. The molecule has 6 heteroatoms. The molecule has 2 heterocycles. The highest BCUT2D eigenvalue weighted by Crippen LogP contribution is 2.31. The maximum absolute atomic E-state index is 13.8. The van der Waals surface area contributed by atoms with Crippen molar-refractivity contribution >= 4 is 52.3 Å². The van der Waals surface area contributed by atoms with E-state index in [1.54, 1.807) is 6.08 Å². The minimum absolute atomic E-state index is 0.0800. The lowest BCUT2D eigenvalue weighted by Crippen LogP contribution is -2.57. The first-order valence-corrected chi connectivity index (χ1v) is 12.8. The first-order valence-electron chi connectivity index (χ1n) is 12.4. The number of benzene rings is 3. The van der Waals surface area contributed by atoms with Gasteiger partial charge in [-0.2, -0.15) is 0 Å². The molecule has 2 aliphatic heterocycles. The average molecular weight is 496 g/mol. The van der Waals surface area contributed by atoms with E-state index in [-0.39, 0.29) is 10.7 Å². The number of carbonyl (C=O) groups is 2. The summed E-state index contributed by atoms with van der Waals surface area (Å²) >= 11 is 5.73. The number of hydrogen-bond acceptors (Lipinski definition) is 4. The van der Waals surface area contributed by atoms with E-state index in [0.29, 0.717) is 11.4 Å². The second-order valence-corrected chi connectivity index (χ2v) is 9.73. The van der Waals surface area contributed by atoms with Gasteiger partial charge in [0.2, 0.25) is 0 Å². The number of piperidine rings is 1.